The van der Waals surface area contributed by atoms with Gasteiger partial charge in [-0.15, -0.1) is 0 Å². The fourth-order valence-corrected chi connectivity index (χ4v) is 0.599. The maximum Gasteiger partial charge on any atom is 0.303 e. The first kappa shape index (κ1) is 6.51. The summed E-state index contributed by atoms with van der Waals surface area (Å²) in [5.41, 5.74) is 0. The Labute approximate surface area is 52.6 Å². The van der Waals surface area contributed by atoms with Crippen molar-refractivity contribution in [1.29, 1.82) is 0 Å². The van der Waals surface area contributed by atoms with Gasteiger partial charge in [-0.3, -0.25) is 4.79 Å². The van der Waals surface area contributed by atoms with E-state index in [0.29, 0.717) is 13.2 Å². The van der Waals surface area contributed by atoms with Crippen LogP contribution in [0.25, 0.3) is 0 Å². The normalized spacial score (nSPS) is 20.1. The molecule has 1 fully saturated rings. The average molecular weight is 132 g/mol. The first-order valence-corrected chi connectivity index (χ1v) is 2.70. The Bertz CT molecular complexity index is 106. The molecule has 0 aromatic rings. The highest BCUT2D eigenvalue weighted by molar-refractivity contribution is 5.66. The summed E-state index contributed by atoms with van der Waals surface area (Å²) in [5.74, 6) is -0.297. The topological polar surface area (TPSA) is 44.8 Å². The summed E-state index contributed by atoms with van der Waals surface area (Å²) >= 11 is 0. The van der Waals surface area contributed by atoms with Crippen LogP contribution >= 0.6 is 0 Å². The summed E-state index contributed by atoms with van der Waals surface area (Å²) in [5, 5.41) is 0. The van der Waals surface area contributed by atoms with Crippen LogP contribution in [0.1, 0.15) is 6.92 Å². The third-order valence-electron chi connectivity index (χ3n) is 0.924. The Balaban J connectivity index is 2.19. The minimum Gasteiger partial charge on any atom is -0.457 e. The summed E-state index contributed by atoms with van der Waals surface area (Å²) < 4.78 is 4.72. The first-order chi connectivity index (χ1) is 4.29. The fourth-order valence-electron chi connectivity index (χ4n) is 0.599. The summed E-state index contributed by atoms with van der Waals surface area (Å²) in [4.78, 5) is 19.2. The molecule has 0 atom stereocenters. The molecule has 4 heteroatoms. The molecule has 0 bridgehead atoms. The summed E-state index contributed by atoms with van der Waals surface area (Å²) in [7, 11) is 0. The van der Waals surface area contributed by atoms with Crippen molar-refractivity contribution < 1.29 is 19.3 Å². The molecule has 0 radical (unpaired) electrons. The molecule has 1 aliphatic rings. The molecule has 0 aromatic carbocycles. The number of rotatable bonds is 1. The molecule has 0 unspecified atom stereocenters. The van der Waals surface area contributed by atoms with E-state index in [1.165, 1.54) is 6.92 Å². The third kappa shape index (κ3) is 1.99. The molecule has 0 aromatic heterocycles. The van der Waals surface area contributed by atoms with Gasteiger partial charge in [0.05, 0.1) is 0 Å². The number of esters is 1. The van der Waals surface area contributed by atoms with Crippen LogP contribution in [0.4, 0.5) is 0 Å². The molecular weight excluding hydrogens is 124 g/mol. The highest BCUT2D eigenvalue weighted by Gasteiger charge is 2.19. The zero-order valence-electron chi connectivity index (χ0n) is 5.12. The van der Waals surface area contributed by atoms with Crippen LogP contribution in [0.3, 0.4) is 0 Å². The Hall–Kier alpha value is -0.610. The maximum absolute atomic E-state index is 10.3. The van der Waals surface area contributed by atoms with Gasteiger partial charge in [0.1, 0.15) is 13.2 Å². The molecule has 0 N–H and O–H groups in total. The Morgan fingerprint density at radius 2 is 2.11 bits per heavy atom. The second-order valence-corrected chi connectivity index (χ2v) is 1.80. The van der Waals surface area contributed by atoms with Crippen LogP contribution < -0.4 is 0 Å². The number of carbonyl (C=O) groups excluding carboxylic acids is 1. The predicted molar refractivity (Wildman–Crippen MR) is 27.5 cm³/mol. The highest BCUT2D eigenvalue weighted by Crippen LogP contribution is 2.03. The van der Waals surface area contributed by atoms with E-state index < -0.39 is 0 Å². The molecule has 0 saturated carbocycles. The van der Waals surface area contributed by atoms with Crippen molar-refractivity contribution in [3.05, 3.63) is 0 Å². The van der Waals surface area contributed by atoms with Crippen LogP contribution in [-0.2, 0) is 19.3 Å². The van der Waals surface area contributed by atoms with Crippen molar-refractivity contribution in [1.82, 2.24) is 0 Å². The standard InChI is InChI=1S/C5H8O4/c1-4(6)9-5-2-7-8-3-5/h5H,2-3H2,1H3. The smallest absolute Gasteiger partial charge is 0.303 e. The predicted octanol–water partition coefficient (Wildman–Crippen LogP) is -0.120. The average Bonchev–Trinajstić information content (AvgIpc) is 2.15. The zero-order valence-corrected chi connectivity index (χ0v) is 5.12. The molecule has 4 nitrogen and oxygen atoms in total. The summed E-state index contributed by atoms with van der Waals surface area (Å²) in [6.45, 7) is 2.05. The quantitative estimate of drug-likeness (QED) is 0.368. The second kappa shape index (κ2) is 2.80. The first-order valence-electron chi connectivity index (χ1n) is 2.70. The van der Waals surface area contributed by atoms with E-state index in [2.05, 4.69) is 9.78 Å². The summed E-state index contributed by atoms with van der Waals surface area (Å²) in [6, 6.07) is 0. The SMILES string of the molecule is CC(=O)OC1COOC1. The molecule has 1 aliphatic heterocycles. The molecule has 0 aliphatic carbocycles. The van der Waals surface area contributed by atoms with Crippen molar-refractivity contribution in [2.75, 3.05) is 13.2 Å². The monoisotopic (exact) mass is 132 g/mol. The van der Waals surface area contributed by atoms with E-state index >= 15 is 0 Å². The zero-order chi connectivity index (χ0) is 6.69. The number of ether oxygens (including phenoxy) is 1. The number of hydrogen-bond donors (Lipinski definition) is 0. The minimum absolute atomic E-state index is 0.206. The Morgan fingerprint density at radius 3 is 2.56 bits per heavy atom. The van der Waals surface area contributed by atoms with E-state index in [1.807, 2.05) is 0 Å². The van der Waals surface area contributed by atoms with Gasteiger partial charge < -0.3 is 4.74 Å². The van der Waals surface area contributed by atoms with Gasteiger partial charge in [-0.1, -0.05) is 0 Å². The van der Waals surface area contributed by atoms with Crippen molar-refractivity contribution >= 4 is 5.97 Å². The molecule has 52 valence electrons. The molecule has 9 heavy (non-hydrogen) atoms. The van der Waals surface area contributed by atoms with Crippen molar-refractivity contribution in [3.8, 4) is 0 Å². The van der Waals surface area contributed by atoms with Crippen LogP contribution in [0.15, 0.2) is 0 Å². The van der Waals surface area contributed by atoms with Crippen LogP contribution in [0.5, 0.6) is 0 Å². The largest absolute Gasteiger partial charge is 0.457 e. The van der Waals surface area contributed by atoms with Gasteiger partial charge in [-0.05, 0) is 0 Å². The second-order valence-electron chi connectivity index (χ2n) is 1.80. The van der Waals surface area contributed by atoms with Crippen molar-refractivity contribution in [3.63, 3.8) is 0 Å². The molecule has 0 amide bonds. The number of hydrogen-bond acceptors (Lipinski definition) is 4. The van der Waals surface area contributed by atoms with E-state index in [1.54, 1.807) is 0 Å². The number of carbonyl (C=O) groups is 1. The lowest BCUT2D eigenvalue weighted by Gasteiger charge is -2.03. The van der Waals surface area contributed by atoms with Gasteiger partial charge in [0.15, 0.2) is 6.10 Å². The summed E-state index contributed by atoms with van der Waals surface area (Å²) in [6.07, 6.45) is -0.206. The van der Waals surface area contributed by atoms with Crippen molar-refractivity contribution in [2.45, 2.75) is 13.0 Å². The maximum atomic E-state index is 10.3. The van der Waals surface area contributed by atoms with E-state index in [4.69, 9.17) is 4.74 Å². The fraction of sp³-hybridized carbons (Fsp3) is 0.800. The Kier molecular flexibility index (Phi) is 2.02. The van der Waals surface area contributed by atoms with Gasteiger partial charge in [-0.25, -0.2) is 9.78 Å². The van der Waals surface area contributed by atoms with Gasteiger partial charge in [0.25, 0.3) is 0 Å². The van der Waals surface area contributed by atoms with Crippen LogP contribution in [0, 0.1) is 0 Å². The third-order valence-corrected chi connectivity index (χ3v) is 0.924. The highest BCUT2D eigenvalue weighted by atomic mass is 17.2. The lowest BCUT2D eigenvalue weighted by Crippen LogP contribution is -2.18. The molecule has 0 spiro atoms. The van der Waals surface area contributed by atoms with Gasteiger partial charge in [0.2, 0.25) is 0 Å². The lowest BCUT2D eigenvalue weighted by molar-refractivity contribution is -0.248. The molecule has 1 heterocycles. The van der Waals surface area contributed by atoms with Gasteiger partial charge >= 0.3 is 5.97 Å². The Morgan fingerprint density at radius 1 is 1.56 bits per heavy atom. The van der Waals surface area contributed by atoms with E-state index in [9.17, 15) is 4.79 Å². The molecule has 1 rings (SSSR count). The van der Waals surface area contributed by atoms with Crippen LogP contribution in [0.2, 0.25) is 0 Å². The van der Waals surface area contributed by atoms with E-state index in [-0.39, 0.29) is 12.1 Å². The van der Waals surface area contributed by atoms with Gasteiger partial charge in [-0.2, -0.15) is 0 Å². The lowest BCUT2D eigenvalue weighted by atomic mass is 10.4. The van der Waals surface area contributed by atoms with Gasteiger partial charge in [0, 0.05) is 6.92 Å². The minimum atomic E-state index is -0.297. The van der Waals surface area contributed by atoms with Crippen LogP contribution in [-0.4, -0.2) is 25.3 Å². The van der Waals surface area contributed by atoms with Crippen molar-refractivity contribution in [2.24, 2.45) is 0 Å². The molecule has 1 saturated heterocycles. The van der Waals surface area contributed by atoms with E-state index in [0.717, 1.165) is 0 Å². The molecular formula is C5H8O4.